The first-order valence-corrected chi connectivity index (χ1v) is 9.86. The van der Waals surface area contributed by atoms with Crippen LogP contribution in [-0.2, 0) is 11.0 Å². The van der Waals surface area contributed by atoms with Gasteiger partial charge in [-0.25, -0.2) is 14.9 Å². The van der Waals surface area contributed by atoms with Gasteiger partial charge >= 0.3 is 6.18 Å². The number of anilines is 2. The third-order valence-corrected chi connectivity index (χ3v) is 6.06. The van der Waals surface area contributed by atoms with Gasteiger partial charge in [0.2, 0.25) is 0 Å². The van der Waals surface area contributed by atoms with Gasteiger partial charge in [-0.2, -0.15) is 18.4 Å². The van der Waals surface area contributed by atoms with Crippen molar-refractivity contribution in [1.82, 2.24) is 10.5 Å². The summed E-state index contributed by atoms with van der Waals surface area (Å²) in [4.78, 5) is 30.7. The SMILES string of the molecule is N#Cc1ncc(N2C(=O)C3(CCC3)N(c3ccc(C(=O)NO)c(F)c3)C2=S)cc1C(F)(F)F. The number of thiocarbonyl (C=S) groups is 1. The molecule has 2 N–H and O–H groups in total. The summed E-state index contributed by atoms with van der Waals surface area (Å²) in [7, 11) is 0. The lowest BCUT2D eigenvalue weighted by atomic mass is 9.75. The Labute approximate surface area is 189 Å². The van der Waals surface area contributed by atoms with E-state index in [9.17, 15) is 27.2 Å². The summed E-state index contributed by atoms with van der Waals surface area (Å²) >= 11 is 5.42. The van der Waals surface area contributed by atoms with Crippen LogP contribution in [0.3, 0.4) is 0 Å². The molecule has 1 aliphatic heterocycles. The minimum atomic E-state index is -4.89. The summed E-state index contributed by atoms with van der Waals surface area (Å²) in [5.41, 5.74) is -2.69. The predicted octanol–water partition coefficient (Wildman–Crippen LogP) is 3.29. The number of rotatable bonds is 3. The number of carbonyl (C=O) groups is 2. The van der Waals surface area contributed by atoms with Crippen molar-refractivity contribution in [2.75, 3.05) is 9.80 Å². The molecule has 13 heteroatoms. The molecule has 2 fully saturated rings. The highest BCUT2D eigenvalue weighted by Gasteiger charge is 2.59. The zero-order chi connectivity index (χ0) is 24.1. The fraction of sp³-hybridized carbons (Fsp3) is 0.250. The lowest BCUT2D eigenvalue weighted by Crippen LogP contribution is -2.55. The Balaban J connectivity index is 1.80. The van der Waals surface area contributed by atoms with E-state index in [2.05, 4.69) is 4.98 Å². The number of alkyl halides is 3. The molecule has 2 amide bonds. The molecule has 8 nitrogen and oxygen atoms in total. The number of nitrogens with one attached hydrogen (secondary N) is 1. The summed E-state index contributed by atoms with van der Waals surface area (Å²) in [6.07, 6.45) is -2.68. The third kappa shape index (κ3) is 3.38. The van der Waals surface area contributed by atoms with E-state index in [0.717, 1.165) is 23.2 Å². The van der Waals surface area contributed by atoms with Gasteiger partial charge in [-0.3, -0.25) is 19.7 Å². The molecule has 1 aromatic carbocycles. The quantitative estimate of drug-likeness (QED) is 0.301. The van der Waals surface area contributed by atoms with E-state index in [-0.39, 0.29) is 16.5 Å². The molecule has 2 aromatic rings. The molecule has 4 rings (SSSR count). The second-order valence-electron chi connectivity index (χ2n) is 7.45. The standard InChI is InChI=1S/C20H13F4N5O3S/c21-14-7-10(2-3-12(14)16(30)27-32)29-18(33)28(17(31)19(29)4-1-5-19)11-6-13(20(22,23)24)15(8-25)26-9-11/h2-3,6-7,9,32H,1,4-5H2,(H,27,30). The van der Waals surface area contributed by atoms with Crippen LogP contribution in [0.1, 0.15) is 40.9 Å². The van der Waals surface area contributed by atoms with Crippen LogP contribution >= 0.6 is 12.2 Å². The van der Waals surface area contributed by atoms with Gasteiger partial charge < -0.3 is 4.90 Å². The van der Waals surface area contributed by atoms with Crippen molar-refractivity contribution < 1.29 is 32.4 Å². The molecular formula is C20H13F4N5O3S. The van der Waals surface area contributed by atoms with Crippen molar-refractivity contribution in [2.45, 2.75) is 31.0 Å². The van der Waals surface area contributed by atoms with Crippen LogP contribution in [0.4, 0.5) is 28.9 Å². The van der Waals surface area contributed by atoms with Gasteiger partial charge in [-0.15, -0.1) is 0 Å². The fourth-order valence-corrected chi connectivity index (χ4v) is 4.45. The average molecular weight is 479 g/mol. The van der Waals surface area contributed by atoms with Crippen molar-refractivity contribution in [2.24, 2.45) is 0 Å². The lowest BCUT2D eigenvalue weighted by molar-refractivity contribution is -0.138. The van der Waals surface area contributed by atoms with Gasteiger partial charge in [0, 0.05) is 5.69 Å². The first kappa shape index (κ1) is 22.6. The predicted molar refractivity (Wildman–Crippen MR) is 109 cm³/mol. The summed E-state index contributed by atoms with van der Waals surface area (Å²) < 4.78 is 54.8. The van der Waals surface area contributed by atoms with Crippen LogP contribution in [0.15, 0.2) is 30.5 Å². The molecule has 1 spiro atoms. The number of amides is 2. The molecule has 33 heavy (non-hydrogen) atoms. The number of halogens is 4. The third-order valence-electron chi connectivity index (χ3n) is 5.69. The molecule has 0 radical (unpaired) electrons. The molecule has 2 aliphatic rings. The Morgan fingerprint density at radius 1 is 1.27 bits per heavy atom. The Morgan fingerprint density at radius 2 is 1.97 bits per heavy atom. The average Bonchev–Trinajstić information content (AvgIpc) is 2.98. The molecule has 170 valence electrons. The van der Waals surface area contributed by atoms with Crippen LogP contribution in [0, 0.1) is 17.1 Å². The van der Waals surface area contributed by atoms with Crippen molar-refractivity contribution in [3.63, 3.8) is 0 Å². The van der Waals surface area contributed by atoms with E-state index in [1.165, 1.54) is 22.5 Å². The summed E-state index contributed by atoms with van der Waals surface area (Å²) in [5, 5.41) is 17.5. The molecule has 2 heterocycles. The Kier molecular flexibility index (Phi) is 5.30. The molecular weight excluding hydrogens is 466 g/mol. The Bertz CT molecular complexity index is 1240. The van der Waals surface area contributed by atoms with Crippen molar-refractivity contribution in [1.29, 1.82) is 5.26 Å². The van der Waals surface area contributed by atoms with Crippen LogP contribution in [0.2, 0.25) is 0 Å². The summed E-state index contributed by atoms with van der Waals surface area (Å²) in [5.74, 6) is -2.68. The number of nitriles is 1. The molecule has 1 saturated heterocycles. The van der Waals surface area contributed by atoms with E-state index >= 15 is 0 Å². The van der Waals surface area contributed by atoms with Crippen LogP contribution in [0.5, 0.6) is 0 Å². The van der Waals surface area contributed by atoms with Gasteiger partial charge in [-0.05, 0) is 55.7 Å². The van der Waals surface area contributed by atoms with Gasteiger partial charge in [0.1, 0.15) is 17.4 Å². The van der Waals surface area contributed by atoms with Crippen LogP contribution in [-0.4, -0.2) is 32.7 Å². The first-order valence-electron chi connectivity index (χ1n) is 9.45. The normalized spacial score (nSPS) is 17.2. The van der Waals surface area contributed by atoms with Crippen LogP contribution in [0.25, 0.3) is 0 Å². The maximum atomic E-state index is 14.5. The summed E-state index contributed by atoms with van der Waals surface area (Å²) in [6.45, 7) is 0. The largest absolute Gasteiger partial charge is 0.419 e. The number of benzene rings is 1. The maximum Gasteiger partial charge on any atom is 0.419 e. The topological polar surface area (TPSA) is 110 Å². The monoisotopic (exact) mass is 479 g/mol. The lowest BCUT2D eigenvalue weighted by Gasteiger charge is -2.43. The van der Waals surface area contributed by atoms with Gasteiger partial charge in [0.25, 0.3) is 11.8 Å². The number of hydroxylamine groups is 1. The van der Waals surface area contributed by atoms with Gasteiger partial charge in [0.15, 0.2) is 10.8 Å². The number of nitrogens with zero attached hydrogens (tertiary/aromatic N) is 4. The molecule has 0 atom stereocenters. The second-order valence-corrected chi connectivity index (χ2v) is 7.81. The van der Waals surface area contributed by atoms with Crippen LogP contribution < -0.4 is 15.3 Å². The van der Waals surface area contributed by atoms with E-state index < -0.39 is 46.2 Å². The minimum Gasteiger partial charge on any atom is -0.303 e. The highest BCUT2D eigenvalue weighted by molar-refractivity contribution is 7.81. The van der Waals surface area contributed by atoms with E-state index in [0.29, 0.717) is 25.3 Å². The van der Waals surface area contributed by atoms with E-state index in [1.807, 2.05) is 0 Å². The maximum absolute atomic E-state index is 14.5. The smallest absolute Gasteiger partial charge is 0.303 e. The molecule has 1 aromatic heterocycles. The van der Waals surface area contributed by atoms with Crippen molar-refractivity contribution >= 4 is 40.5 Å². The molecule has 1 saturated carbocycles. The highest BCUT2D eigenvalue weighted by Crippen LogP contribution is 2.48. The van der Waals surface area contributed by atoms with Crippen molar-refractivity contribution in [3.8, 4) is 6.07 Å². The second kappa shape index (κ2) is 7.75. The molecule has 0 unspecified atom stereocenters. The number of carbonyl (C=O) groups excluding carboxylic acids is 2. The number of hydrogen-bond acceptors (Lipinski definition) is 6. The van der Waals surface area contributed by atoms with E-state index in [4.69, 9.17) is 22.7 Å². The minimum absolute atomic E-state index is 0.111. The summed E-state index contributed by atoms with van der Waals surface area (Å²) in [6, 6.07) is 5.35. The van der Waals surface area contributed by atoms with Crippen molar-refractivity contribution in [3.05, 3.63) is 53.1 Å². The number of hydrogen-bond donors (Lipinski definition) is 2. The zero-order valence-corrected chi connectivity index (χ0v) is 17.3. The van der Waals surface area contributed by atoms with Gasteiger partial charge in [-0.1, -0.05) is 0 Å². The molecule has 1 aliphatic carbocycles. The number of aromatic nitrogens is 1. The zero-order valence-electron chi connectivity index (χ0n) is 16.5. The Hall–Kier alpha value is -3.63. The fourth-order valence-electron chi connectivity index (χ4n) is 3.98. The Morgan fingerprint density at radius 3 is 2.48 bits per heavy atom. The van der Waals surface area contributed by atoms with Gasteiger partial charge in [0.05, 0.1) is 23.0 Å². The number of pyridine rings is 1. The first-order chi connectivity index (χ1) is 15.5. The highest BCUT2D eigenvalue weighted by atomic mass is 32.1. The molecule has 0 bridgehead atoms. The van der Waals surface area contributed by atoms with E-state index in [1.54, 1.807) is 0 Å².